The summed E-state index contributed by atoms with van der Waals surface area (Å²) >= 11 is 0. The number of nitrogens with zero attached hydrogens (tertiary/aromatic N) is 3. The Morgan fingerprint density at radius 1 is 0.456 bits per heavy atom. The first-order valence-electron chi connectivity index (χ1n) is 20.5. The second kappa shape index (κ2) is 12.6. The molecule has 0 amide bonds. The summed E-state index contributed by atoms with van der Waals surface area (Å²) in [7, 11) is -2.07. The Morgan fingerprint density at radius 3 is 1.65 bits per heavy atom. The van der Waals surface area contributed by atoms with Crippen LogP contribution in [0.1, 0.15) is 52.7 Å². The molecule has 0 bridgehead atoms. The number of rotatable bonds is 4. The van der Waals surface area contributed by atoms with Crippen LogP contribution in [0.3, 0.4) is 0 Å². The molecule has 0 radical (unpaired) electrons. The summed E-state index contributed by atoms with van der Waals surface area (Å²) < 4.78 is 0. The van der Waals surface area contributed by atoms with Crippen molar-refractivity contribution in [3.8, 4) is 0 Å². The van der Waals surface area contributed by atoms with Gasteiger partial charge in [-0.1, -0.05) is 152 Å². The number of hydrogen-bond acceptors (Lipinski definition) is 3. The first kappa shape index (κ1) is 35.6. The van der Waals surface area contributed by atoms with Crippen molar-refractivity contribution in [1.82, 2.24) is 0 Å². The van der Waals surface area contributed by atoms with Crippen LogP contribution in [0.5, 0.6) is 0 Å². The van der Waals surface area contributed by atoms with Crippen LogP contribution in [0, 0.1) is 0 Å². The van der Waals surface area contributed by atoms with Crippen LogP contribution >= 0.6 is 0 Å². The summed E-state index contributed by atoms with van der Waals surface area (Å²) in [6.07, 6.45) is 0. The van der Waals surface area contributed by atoms with Gasteiger partial charge in [0.2, 0.25) is 0 Å². The number of benzene rings is 7. The van der Waals surface area contributed by atoms with Crippen LogP contribution < -0.4 is 41.5 Å². The predicted octanol–water partition coefficient (Wildman–Crippen LogP) is 11.0. The highest BCUT2D eigenvalue weighted by atomic mass is 28.3. The topological polar surface area (TPSA) is 9.72 Å². The molecule has 280 valence electrons. The van der Waals surface area contributed by atoms with Crippen molar-refractivity contribution >= 4 is 92.7 Å². The predicted molar refractivity (Wildman–Crippen MR) is 249 cm³/mol. The van der Waals surface area contributed by atoms with Crippen molar-refractivity contribution in [2.45, 2.75) is 65.5 Å². The summed E-state index contributed by atoms with van der Waals surface area (Å²) in [6, 6.07) is 59.7. The lowest BCUT2D eigenvalue weighted by molar-refractivity contribution is 0.590. The summed E-state index contributed by atoms with van der Waals surface area (Å²) in [5.74, 6) is 0. The van der Waals surface area contributed by atoms with Crippen molar-refractivity contribution < 1.29 is 0 Å². The van der Waals surface area contributed by atoms with Crippen molar-refractivity contribution in [2.75, 3.05) is 14.7 Å². The van der Waals surface area contributed by atoms with Gasteiger partial charge in [0, 0.05) is 45.5 Å². The zero-order valence-electron chi connectivity index (χ0n) is 34.4. The van der Waals surface area contributed by atoms with E-state index < -0.39 is 8.07 Å². The average molecular weight is 756 g/mol. The van der Waals surface area contributed by atoms with Crippen molar-refractivity contribution in [2.24, 2.45) is 0 Å². The van der Waals surface area contributed by atoms with Gasteiger partial charge in [-0.2, -0.15) is 0 Å². The molecule has 0 aromatic heterocycles. The van der Waals surface area contributed by atoms with Gasteiger partial charge < -0.3 is 14.7 Å². The molecule has 10 rings (SSSR count). The van der Waals surface area contributed by atoms with Crippen LogP contribution in [0.15, 0.2) is 158 Å². The monoisotopic (exact) mass is 755 g/mol. The molecule has 3 heterocycles. The first-order chi connectivity index (χ1) is 27.3. The minimum Gasteiger partial charge on any atom is -0.312 e. The van der Waals surface area contributed by atoms with Crippen LogP contribution in [-0.4, -0.2) is 14.8 Å². The highest BCUT2D eigenvalue weighted by molar-refractivity contribution is 7.05. The van der Waals surface area contributed by atoms with Gasteiger partial charge in [0.1, 0.15) is 8.07 Å². The molecule has 5 heteroatoms. The van der Waals surface area contributed by atoms with Crippen molar-refractivity contribution in [3.05, 3.63) is 169 Å². The van der Waals surface area contributed by atoms with E-state index in [4.69, 9.17) is 0 Å². The Morgan fingerprint density at radius 2 is 1.02 bits per heavy atom. The molecule has 0 fully saturated rings. The molecular formula is C52H50BN3Si. The molecule has 0 N–H and O–H groups in total. The van der Waals surface area contributed by atoms with Crippen molar-refractivity contribution in [1.29, 1.82) is 0 Å². The van der Waals surface area contributed by atoms with Gasteiger partial charge in [0.05, 0.1) is 5.69 Å². The number of fused-ring (bicyclic) bond motifs is 6. The van der Waals surface area contributed by atoms with Gasteiger partial charge >= 0.3 is 0 Å². The maximum absolute atomic E-state index is 2.64. The van der Waals surface area contributed by atoms with E-state index in [-0.39, 0.29) is 17.5 Å². The fourth-order valence-electron chi connectivity index (χ4n) is 9.72. The summed E-state index contributed by atoms with van der Waals surface area (Å²) in [5, 5.41) is 2.99. The van der Waals surface area contributed by atoms with E-state index in [0.29, 0.717) is 0 Å². The third-order valence-corrected chi connectivity index (χ3v) is 16.2. The molecule has 0 spiro atoms. The maximum atomic E-state index is 2.64. The summed E-state index contributed by atoms with van der Waals surface area (Å²) in [4.78, 5) is 7.64. The molecule has 0 atom stereocenters. The van der Waals surface area contributed by atoms with Gasteiger partial charge in [0.15, 0.2) is 0 Å². The molecule has 3 aliphatic heterocycles. The minimum atomic E-state index is -2.07. The van der Waals surface area contributed by atoms with Gasteiger partial charge in [-0.15, -0.1) is 0 Å². The molecule has 7 aromatic carbocycles. The van der Waals surface area contributed by atoms with Gasteiger partial charge in [0.25, 0.3) is 6.71 Å². The van der Waals surface area contributed by atoms with E-state index in [0.717, 1.165) is 17.1 Å². The highest BCUT2D eigenvalue weighted by Gasteiger charge is 2.49. The van der Waals surface area contributed by atoms with E-state index in [1.165, 1.54) is 72.0 Å². The number of hydrogen-bond donors (Lipinski definition) is 0. The largest absolute Gasteiger partial charge is 0.312 e. The van der Waals surface area contributed by atoms with E-state index in [2.05, 4.69) is 227 Å². The molecule has 3 aliphatic rings. The average Bonchev–Trinajstić information content (AvgIpc) is 3.20. The molecule has 0 unspecified atom stereocenters. The molecule has 0 saturated heterocycles. The Hall–Kier alpha value is -5.78. The molecule has 57 heavy (non-hydrogen) atoms. The normalized spacial score (nSPS) is 14.7. The number of para-hydroxylation sites is 4. The fraction of sp³-hybridized carbons (Fsp3) is 0.192. The van der Waals surface area contributed by atoms with E-state index >= 15 is 0 Å². The third kappa shape index (κ3) is 5.46. The molecule has 0 aliphatic carbocycles. The van der Waals surface area contributed by atoms with Gasteiger partial charge in [-0.25, -0.2) is 0 Å². The Kier molecular flexibility index (Phi) is 7.88. The first-order valence-corrected chi connectivity index (χ1v) is 23.5. The Balaban J connectivity index is 1.35. The van der Waals surface area contributed by atoms with Crippen LogP contribution in [0.25, 0.3) is 0 Å². The molecule has 0 saturated carbocycles. The second-order valence-electron chi connectivity index (χ2n) is 18.7. The Labute approximate surface area is 340 Å². The standard InChI is InChI=1S/C52H50BN3Si/c1-51(2,3)35-26-29-39(30-27-35)55-43-31-28-36(52(4,5)6)32-42(43)53-41-22-17-25-48-50(41)56(44-23-15-16-24-47(44)57(48,7)8)46-34-40(33-45(55)49(46)53)54(37-18-11-9-12-19-37)38-20-13-10-14-21-38/h9-34H,1-8H3. The lowest BCUT2D eigenvalue weighted by atomic mass is 9.33. The SMILES string of the molecule is CC(C)(C)c1ccc(N2c3ccc(C(C)(C)C)cc3B3c4cccc5c4N(c4ccccc4[Si]5(C)C)c4cc(N(c5ccccc5)c5ccccc5)cc2c43)cc1. The minimum absolute atomic E-state index is 0.00227. The zero-order chi connectivity index (χ0) is 39.4. The summed E-state index contributed by atoms with van der Waals surface area (Å²) in [6.45, 7) is 19.1. The second-order valence-corrected chi connectivity index (χ2v) is 23.0. The lowest BCUT2D eigenvalue weighted by Crippen LogP contribution is -2.67. The third-order valence-electron chi connectivity index (χ3n) is 12.7. The van der Waals surface area contributed by atoms with E-state index in [1.54, 1.807) is 0 Å². The molecular weight excluding hydrogens is 705 g/mol. The quantitative estimate of drug-likeness (QED) is 0.166. The van der Waals surface area contributed by atoms with Gasteiger partial charge in [-0.3, -0.25) is 0 Å². The smallest absolute Gasteiger partial charge is 0.252 e. The fourth-order valence-corrected chi connectivity index (χ4v) is 12.7. The van der Waals surface area contributed by atoms with Crippen LogP contribution in [0.4, 0.5) is 51.2 Å². The van der Waals surface area contributed by atoms with Crippen LogP contribution in [-0.2, 0) is 10.8 Å². The van der Waals surface area contributed by atoms with Gasteiger partial charge in [-0.05, 0) is 109 Å². The number of anilines is 9. The highest BCUT2D eigenvalue weighted by Crippen LogP contribution is 2.49. The molecule has 7 aromatic rings. The van der Waals surface area contributed by atoms with Crippen molar-refractivity contribution in [3.63, 3.8) is 0 Å². The summed E-state index contributed by atoms with van der Waals surface area (Å²) in [5.41, 5.74) is 17.9. The van der Waals surface area contributed by atoms with Crippen LogP contribution in [0.2, 0.25) is 13.1 Å². The zero-order valence-corrected chi connectivity index (χ0v) is 35.4. The molecule has 3 nitrogen and oxygen atoms in total. The Bertz CT molecular complexity index is 2650. The van der Waals surface area contributed by atoms with E-state index in [1.807, 2.05) is 0 Å². The van der Waals surface area contributed by atoms with E-state index in [9.17, 15) is 0 Å². The maximum Gasteiger partial charge on any atom is 0.252 e. The lowest BCUT2D eigenvalue weighted by Gasteiger charge is -2.49.